The Bertz CT molecular complexity index is 626. The summed E-state index contributed by atoms with van der Waals surface area (Å²) >= 11 is 0. The Balaban J connectivity index is 0.00000576. The fourth-order valence-corrected chi connectivity index (χ4v) is 2.93. The number of hydrogen-bond acceptors (Lipinski definition) is 4. The van der Waals surface area contributed by atoms with E-state index in [0.29, 0.717) is 25.1 Å². The van der Waals surface area contributed by atoms with Crippen LogP contribution in [0.1, 0.15) is 44.7 Å². The van der Waals surface area contributed by atoms with Crippen molar-refractivity contribution in [2.24, 2.45) is 0 Å². The van der Waals surface area contributed by atoms with E-state index in [1.54, 1.807) is 0 Å². The molecule has 1 aromatic carbocycles. The summed E-state index contributed by atoms with van der Waals surface area (Å²) in [5, 5.41) is 0. The molecule has 1 N–H and O–H groups in total. The molecular formula is C17H27NNaO5S. The number of para-hydroxylation sites is 1. The molecule has 1 rings (SSSR count). The van der Waals surface area contributed by atoms with Crippen LogP contribution in [-0.4, -0.2) is 67.5 Å². The first-order chi connectivity index (χ1) is 11.3. The molecule has 25 heavy (non-hydrogen) atoms. The SMILES string of the molecule is CCCCOCN(C(=O)CS(=O)(=O)O)c1c(CC)cccc1CC.[Na]. The molecule has 0 saturated heterocycles. The van der Waals surface area contributed by atoms with Gasteiger partial charge in [0.1, 0.15) is 6.73 Å². The first kappa shape index (κ1) is 24.6. The van der Waals surface area contributed by atoms with Gasteiger partial charge >= 0.3 is 0 Å². The molecule has 0 aromatic heterocycles. The van der Waals surface area contributed by atoms with Gasteiger partial charge in [0.05, 0.1) is 5.69 Å². The van der Waals surface area contributed by atoms with E-state index in [1.165, 1.54) is 4.90 Å². The third-order valence-electron chi connectivity index (χ3n) is 3.70. The van der Waals surface area contributed by atoms with E-state index in [9.17, 15) is 13.2 Å². The van der Waals surface area contributed by atoms with Crippen LogP contribution in [0.5, 0.6) is 0 Å². The molecule has 0 heterocycles. The van der Waals surface area contributed by atoms with Crippen LogP contribution in [0, 0.1) is 0 Å². The number of carbonyl (C=O) groups excluding carboxylic acids is 1. The minimum Gasteiger partial charge on any atom is -0.361 e. The van der Waals surface area contributed by atoms with E-state index in [2.05, 4.69) is 0 Å². The summed E-state index contributed by atoms with van der Waals surface area (Å²) < 4.78 is 36.8. The van der Waals surface area contributed by atoms with Gasteiger partial charge in [0, 0.05) is 36.2 Å². The molecule has 137 valence electrons. The first-order valence-electron chi connectivity index (χ1n) is 8.28. The standard InChI is InChI=1S/C17H27NO5S.Na/c1-4-7-11-23-13-18(16(19)12-24(20,21)22)17-14(5-2)9-8-10-15(17)6-3;/h8-10H,4-7,11-13H2,1-3H3,(H,20,21,22);. The van der Waals surface area contributed by atoms with Crippen molar-refractivity contribution >= 4 is 51.3 Å². The van der Waals surface area contributed by atoms with Crippen molar-refractivity contribution in [2.45, 2.75) is 46.5 Å². The average molecular weight is 380 g/mol. The summed E-state index contributed by atoms with van der Waals surface area (Å²) in [5.41, 5.74) is 2.57. The Morgan fingerprint density at radius 1 is 1.16 bits per heavy atom. The second-order valence-corrected chi connectivity index (χ2v) is 7.02. The Morgan fingerprint density at radius 3 is 2.16 bits per heavy atom. The average Bonchev–Trinajstić information content (AvgIpc) is 2.52. The molecule has 0 atom stereocenters. The van der Waals surface area contributed by atoms with Crippen LogP contribution >= 0.6 is 0 Å². The number of amides is 1. The number of benzene rings is 1. The van der Waals surface area contributed by atoms with Gasteiger partial charge in [-0.2, -0.15) is 8.42 Å². The van der Waals surface area contributed by atoms with Gasteiger partial charge < -0.3 is 4.74 Å². The monoisotopic (exact) mass is 380 g/mol. The second kappa shape index (κ2) is 12.0. The number of anilines is 1. The van der Waals surface area contributed by atoms with E-state index in [1.807, 2.05) is 39.0 Å². The molecule has 8 heteroatoms. The van der Waals surface area contributed by atoms with E-state index in [4.69, 9.17) is 9.29 Å². The number of rotatable bonds is 10. The topological polar surface area (TPSA) is 83.9 Å². The van der Waals surface area contributed by atoms with E-state index in [0.717, 1.165) is 24.0 Å². The third-order valence-corrected chi connectivity index (χ3v) is 4.32. The van der Waals surface area contributed by atoms with Gasteiger partial charge in [0.15, 0.2) is 5.75 Å². The number of unbranched alkanes of at least 4 members (excludes halogenated alkanes) is 1. The maximum Gasteiger partial charge on any atom is 0.274 e. The van der Waals surface area contributed by atoms with Crippen molar-refractivity contribution in [3.8, 4) is 0 Å². The van der Waals surface area contributed by atoms with Crippen LogP contribution < -0.4 is 4.90 Å². The molecule has 1 radical (unpaired) electrons. The second-order valence-electron chi connectivity index (χ2n) is 5.57. The number of ether oxygens (including phenoxy) is 1. The van der Waals surface area contributed by atoms with Crippen molar-refractivity contribution in [3.63, 3.8) is 0 Å². The zero-order valence-corrected chi connectivity index (χ0v) is 18.4. The van der Waals surface area contributed by atoms with Gasteiger partial charge in [-0.15, -0.1) is 0 Å². The predicted octanol–water partition coefficient (Wildman–Crippen LogP) is 2.43. The normalized spacial score (nSPS) is 11.0. The Labute approximate surface area is 173 Å². The smallest absolute Gasteiger partial charge is 0.274 e. The number of aryl methyl sites for hydroxylation is 2. The van der Waals surface area contributed by atoms with Gasteiger partial charge in [-0.05, 0) is 30.4 Å². The van der Waals surface area contributed by atoms with Crippen LogP contribution in [0.25, 0.3) is 0 Å². The molecule has 1 amide bonds. The molecule has 6 nitrogen and oxygen atoms in total. The largest absolute Gasteiger partial charge is 0.361 e. The molecule has 1 aromatic rings. The van der Waals surface area contributed by atoms with Crippen LogP contribution in [0.3, 0.4) is 0 Å². The Morgan fingerprint density at radius 2 is 1.72 bits per heavy atom. The summed E-state index contributed by atoms with van der Waals surface area (Å²) in [6.45, 7) is 6.44. The minimum atomic E-state index is -4.40. The van der Waals surface area contributed by atoms with Crippen LogP contribution in [-0.2, 0) is 32.5 Å². The summed E-state index contributed by atoms with van der Waals surface area (Å²) in [4.78, 5) is 13.8. The first-order valence-corrected chi connectivity index (χ1v) is 9.88. The molecule has 0 fully saturated rings. The van der Waals surface area contributed by atoms with Crippen LogP contribution in [0.15, 0.2) is 18.2 Å². The van der Waals surface area contributed by atoms with Crippen molar-refractivity contribution in [1.29, 1.82) is 0 Å². The van der Waals surface area contributed by atoms with Gasteiger partial charge in [0.2, 0.25) is 5.91 Å². The van der Waals surface area contributed by atoms with Crippen molar-refractivity contribution in [3.05, 3.63) is 29.3 Å². The minimum absolute atomic E-state index is 0. The van der Waals surface area contributed by atoms with Crippen LogP contribution in [0.4, 0.5) is 5.69 Å². The zero-order valence-electron chi connectivity index (χ0n) is 15.6. The Hall–Kier alpha value is -0.440. The summed E-state index contributed by atoms with van der Waals surface area (Å²) in [6.07, 6.45) is 3.22. The summed E-state index contributed by atoms with van der Waals surface area (Å²) in [7, 11) is -4.40. The zero-order chi connectivity index (χ0) is 18.2. The van der Waals surface area contributed by atoms with Gasteiger partial charge in [0.25, 0.3) is 10.1 Å². The predicted molar refractivity (Wildman–Crippen MR) is 101 cm³/mol. The van der Waals surface area contributed by atoms with Crippen molar-refractivity contribution in [2.75, 3.05) is 24.0 Å². The summed E-state index contributed by atoms with van der Waals surface area (Å²) in [6, 6.07) is 5.74. The molecular weight excluding hydrogens is 353 g/mol. The Kier molecular flexibility index (Phi) is 11.8. The van der Waals surface area contributed by atoms with E-state index < -0.39 is 21.8 Å². The maximum absolute atomic E-state index is 12.5. The fraction of sp³-hybridized carbons (Fsp3) is 0.588. The van der Waals surface area contributed by atoms with E-state index >= 15 is 0 Å². The maximum atomic E-state index is 12.5. The fourth-order valence-electron chi connectivity index (χ4n) is 2.46. The number of hydrogen-bond donors (Lipinski definition) is 1. The number of carbonyl (C=O) groups is 1. The molecule has 0 aliphatic heterocycles. The van der Waals surface area contributed by atoms with Crippen LogP contribution in [0.2, 0.25) is 0 Å². The van der Waals surface area contributed by atoms with Gasteiger partial charge in [-0.3, -0.25) is 14.2 Å². The molecule has 0 spiro atoms. The molecule has 0 bridgehead atoms. The van der Waals surface area contributed by atoms with Gasteiger partial charge in [-0.25, -0.2) is 0 Å². The molecule has 0 aliphatic rings. The molecule has 0 saturated carbocycles. The van der Waals surface area contributed by atoms with Gasteiger partial charge in [-0.1, -0.05) is 45.4 Å². The number of nitrogens with zero attached hydrogens (tertiary/aromatic N) is 1. The van der Waals surface area contributed by atoms with E-state index in [-0.39, 0.29) is 36.3 Å². The summed E-state index contributed by atoms with van der Waals surface area (Å²) in [5.74, 6) is -1.64. The van der Waals surface area contributed by atoms with Crippen molar-refractivity contribution in [1.82, 2.24) is 0 Å². The molecule has 0 unspecified atom stereocenters. The molecule has 0 aliphatic carbocycles. The quantitative estimate of drug-likeness (QED) is 0.292. The third kappa shape index (κ3) is 8.19. The van der Waals surface area contributed by atoms with Crippen molar-refractivity contribution < 1.29 is 22.5 Å².